The van der Waals surface area contributed by atoms with Crippen molar-refractivity contribution in [1.82, 2.24) is 0 Å². The van der Waals surface area contributed by atoms with Crippen LogP contribution in [0.5, 0.6) is 0 Å². The summed E-state index contributed by atoms with van der Waals surface area (Å²) in [7, 11) is 0. The van der Waals surface area contributed by atoms with Crippen LogP contribution in [0, 0.1) is 0 Å². The van der Waals surface area contributed by atoms with Gasteiger partial charge in [0.1, 0.15) is 0 Å². The van der Waals surface area contributed by atoms with Crippen molar-refractivity contribution in [3.05, 3.63) is 23.8 Å². The molecule has 1 rings (SSSR count). The number of unbranched alkanes of at least 4 members (excludes halogenated alkanes) is 1. The quantitative estimate of drug-likeness (QED) is 0.636. The molecule has 5 N–H and O–H groups in total. The number of urea groups is 1. The number of carboxylic acid groups (broad SMARTS) is 1. The number of benzene rings is 1. The minimum atomic E-state index is -1.20. The Labute approximate surface area is 116 Å². The summed E-state index contributed by atoms with van der Waals surface area (Å²) in [6.45, 7) is 1.96. The molecule has 20 heavy (non-hydrogen) atoms. The van der Waals surface area contributed by atoms with Gasteiger partial charge in [-0.2, -0.15) is 0 Å². The fourth-order valence-corrected chi connectivity index (χ4v) is 1.60. The molecule has 3 amide bonds. The molecule has 108 valence electrons. The predicted molar refractivity (Wildman–Crippen MR) is 74.8 cm³/mol. The van der Waals surface area contributed by atoms with Crippen molar-refractivity contribution in [2.75, 3.05) is 10.6 Å². The number of carbonyl (C=O) groups excluding carboxylic acids is 2. The van der Waals surface area contributed by atoms with Crippen LogP contribution in [-0.2, 0) is 4.79 Å². The zero-order valence-electron chi connectivity index (χ0n) is 11.1. The van der Waals surface area contributed by atoms with E-state index >= 15 is 0 Å². The van der Waals surface area contributed by atoms with Crippen LogP contribution in [-0.4, -0.2) is 23.0 Å². The summed E-state index contributed by atoms with van der Waals surface area (Å²) in [5, 5.41) is 13.9. The van der Waals surface area contributed by atoms with E-state index in [1.165, 1.54) is 18.2 Å². The van der Waals surface area contributed by atoms with Gasteiger partial charge in [-0.15, -0.1) is 0 Å². The van der Waals surface area contributed by atoms with Crippen molar-refractivity contribution in [2.24, 2.45) is 5.73 Å². The third-order valence-corrected chi connectivity index (χ3v) is 2.55. The van der Waals surface area contributed by atoms with Crippen LogP contribution in [0.15, 0.2) is 18.2 Å². The van der Waals surface area contributed by atoms with Crippen molar-refractivity contribution in [2.45, 2.75) is 26.2 Å². The topological polar surface area (TPSA) is 122 Å². The van der Waals surface area contributed by atoms with Crippen molar-refractivity contribution in [3.8, 4) is 0 Å². The number of nitrogens with two attached hydrogens (primary N) is 1. The number of carbonyl (C=O) groups is 3. The summed E-state index contributed by atoms with van der Waals surface area (Å²) < 4.78 is 0. The second kappa shape index (κ2) is 7.13. The number of hydrogen-bond acceptors (Lipinski definition) is 3. The maximum atomic E-state index is 11.6. The smallest absolute Gasteiger partial charge is 0.337 e. The standard InChI is InChI=1S/C13H17N3O4/c1-2-3-4-11(17)16-10-6-5-8(15-13(14)20)7-9(10)12(18)19/h5-7H,2-4H2,1H3,(H,16,17)(H,18,19)(H3,14,15,20). The van der Waals surface area contributed by atoms with Crippen LogP contribution in [0.25, 0.3) is 0 Å². The maximum Gasteiger partial charge on any atom is 0.337 e. The average molecular weight is 279 g/mol. The number of hydrogen-bond donors (Lipinski definition) is 4. The van der Waals surface area contributed by atoms with Gasteiger partial charge in [-0.25, -0.2) is 9.59 Å². The lowest BCUT2D eigenvalue weighted by Crippen LogP contribution is -2.20. The molecule has 0 aliphatic carbocycles. The van der Waals surface area contributed by atoms with E-state index in [-0.39, 0.29) is 22.8 Å². The molecule has 0 saturated carbocycles. The Balaban J connectivity index is 2.92. The first-order valence-electron chi connectivity index (χ1n) is 6.17. The van der Waals surface area contributed by atoms with E-state index in [1.807, 2.05) is 6.92 Å². The third kappa shape index (κ3) is 4.60. The molecular weight excluding hydrogens is 262 g/mol. The number of carboxylic acids is 1. The number of primary amides is 1. The Hall–Kier alpha value is -2.57. The first-order chi connectivity index (χ1) is 9.43. The van der Waals surface area contributed by atoms with Gasteiger partial charge in [-0.3, -0.25) is 4.79 Å². The van der Waals surface area contributed by atoms with Crippen LogP contribution in [0.4, 0.5) is 16.2 Å². The van der Waals surface area contributed by atoms with Crippen molar-refractivity contribution >= 4 is 29.3 Å². The van der Waals surface area contributed by atoms with Crippen molar-refractivity contribution in [1.29, 1.82) is 0 Å². The fourth-order valence-electron chi connectivity index (χ4n) is 1.60. The van der Waals surface area contributed by atoms with Crippen LogP contribution in [0.2, 0.25) is 0 Å². The molecule has 0 fully saturated rings. The van der Waals surface area contributed by atoms with E-state index in [0.717, 1.165) is 12.8 Å². The van der Waals surface area contributed by atoms with Gasteiger partial charge in [0.15, 0.2) is 0 Å². The largest absolute Gasteiger partial charge is 0.478 e. The molecule has 7 heteroatoms. The number of aromatic carboxylic acids is 1. The number of amides is 3. The summed E-state index contributed by atoms with van der Waals surface area (Å²) in [5.74, 6) is -1.45. The predicted octanol–water partition coefficient (Wildman–Crippen LogP) is 2.00. The van der Waals surface area contributed by atoms with E-state index in [2.05, 4.69) is 10.6 Å². The van der Waals surface area contributed by atoms with Crippen LogP contribution in [0.3, 0.4) is 0 Å². The van der Waals surface area contributed by atoms with Gasteiger partial charge in [-0.1, -0.05) is 13.3 Å². The van der Waals surface area contributed by atoms with Crippen LogP contribution in [0.1, 0.15) is 36.5 Å². The van der Waals surface area contributed by atoms with Gasteiger partial charge in [-0.05, 0) is 24.6 Å². The molecule has 0 saturated heterocycles. The lowest BCUT2D eigenvalue weighted by Gasteiger charge is -2.10. The van der Waals surface area contributed by atoms with E-state index < -0.39 is 12.0 Å². The first-order valence-corrected chi connectivity index (χ1v) is 6.17. The van der Waals surface area contributed by atoms with Crippen LogP contribution < -0.4 is 16.4 Å². The summed E-state index contributed by atoms with van der Waals surface area (Å²) >= 11 is 0. The molecule has 0 aliphatic rings. The fraction of sp³-hybridized carbons (Fsp3) is 0.308. The van der Waals surface area contributed by atoms with Crippen LogP contribution >= 0.6 is 0 Å². The highest BCUT2D eigenvalue weighted by Gasteiger charge is 2.13. The van der Waals surface area contributed by atoms with Gasteiger partial charge in [0.2, 0.25) is 5.91 Å². The molecule has 0 radical (unpaired) electrons. The Bertz CT molecular complexity index is 528. The molecule has 1 aromatic rings. The second-order valence-corrected chi connectivity index (χ2v) is 4.21. The lowest BCUT2D eigenvalue weighted by atomic mass is 10.1. The number of anilines is 2. The molecule has 1 aromatic carbocycles. The van der Waals surface area contributed by atoms with Crippen molar-refractivity contribution in [3.63, 3.8) is 0 Å². The maximum absolute atomic E-state index is 11.6. The van der Waals surface area contributed by atoms with E-state index in [4.69, 9.17) is 10.8 Å². The summed E-state index contributed by atoms with van der Waals surface area (Å²) in [4.78, 5) is 33.5. The Morgan fingerprint density at radius 1 is 1.25 bits per heavy atom. The van der Waals surface area contributed by atoms with Gasteiger partial charge in [0.25, 0.3) is 0 Å². The molecular formula is C13H17N3O4. The summed E-state index contributed by atoms with van der Waals surface area (Å²) in [6, 6.07) is 3.33. The normalized spacial score (nSPS) is 9.85. The molecule has 0 aliphatic heterocycles. The zero-order valence-corrected chi connectivity index (χ0v) is 11.1. The van der Waals surface area contributed by atoms with Gasteiger partial charge >= 0.3 is 12.0 Å². The molecule has 0 bridgehead atoms. The highest BCUT2D eigenvalue weighted by atomic mass is 16.4. The van der Waals surface area contributed by atoms with E-state index in [1.54, 1.807) is 0 Å². The first kappa shape index (κ1) is 15.5. The van der Waals surface area contributed by atoms with E-state index in [9.17, 15) is 14.4 Å². The van der Waals surface area contributed by atoms with Gasteiger partial charge in [0, 0.05) is 12.1 Å². The second-order valence-electron chi connectivity index (χ2n) is 4.21. The average Bonchev–Trinajstić information content (AvgIpc) is 2.37. The van der Waals surface area contributed by atoms with Crippen molar-refractivity contribution < 1.29 is 19.5 Å². The Morgan fingerprint density at radius 2 is 1.95 bits per heavy atom. The summed E-state index contributed by atoms with van der Waals surface area (Å²) in [5.41, 5.74) is 5.29. The highest BCUT2D eigenvalue weighted by molar-refractivity contribution is 6.02. The van der Waals surface area contributed by atoms with E-state index in [0.29, 0.717) is 6.42 Å². The van der Waals surface area contributed by atoms with Gasteiger partial charge in [0.05, 0.1) is 11.3 Å². The highest BCUT2D eigenvalue weighted by Crippen LogP contribution is 2.21. The number of rotatable bonds is 6. The minimum absolute atomic E-state index is 0.110. The molecule has 0 spiro atoms. The Kier molecular flexibility index (Phi) is 5.52. The zero-order chi connectivity index (χ0) is 15.1. The SMILES string of the molecule is CCCCC(=O)Nc1ccc(NC(N)=O)cc1C(=O)O. The minimum Gasteiger partial charge on any atom is -0.478 e. The van der Waals surface area contributed by atoms with Gasteiger partial charge < -0.3 is 21.5 Å². The molecule has 0 atom stereocenters. The molecule has 7 nitrogen and oxygen atoms in total. The summed E-state index contributed by atoms with van der Waals surface area (Å²) in [6.07, 6.45) is 1.94. The lowest BCUT2D eigenvalue weighted by molar-refractivity contribution is -0.116. The molecule has 0 aromatic heterocycles. The number of nitrogens with one attached hydrogen (secondary N) is 2. The molecule has 0 unspecified atom stereocenters. The third-order valence-electron chi connectivity index (χ3n) is 2.55. The molecule has 0 heterocycles. The monoisotopic (exact) mass is 279 g/mol. The Morgan fingerprint density at radius 3 is 2.50 bits per heavy atom.